The Bertz CT molecular complexity index is 157. The molecule has 0 aliphatic heterocycles. The fourth-order valence-corrected chi connectivity index (χ4v) is 2.54. The molecule has 1 atom stereocenters. The molecule has 0 aromatic carbocycles. The maximum atomic E-state index is 9.98. The SMILES string of the molecule is OCC1([C@H](O)C2CC2)CCCC1. The summed E-state index contributed by atoms with van der Waals surface area (Å²) < 4.78 is 0. The van der Waals surface area contributed by atoms with Gasteiger partial charge in [-0.05, 0) is 31.6 Å². The summed E-state index contributed by atoms with van der Waals surface area (Å²) in [7, 11) is 0. The van der Waals surface area contributed by atoms with Crippen LogP contribution in [0.1, 0.15) is 38.5 Å². The molecule has 0 radical (unpaired) electrons. The van der Waals surface area contributed by atoms with Gasteiger partial charge in [0.25, 0.3) is 0 Å². The highest BCUT2D eigenvalue weighted by Gasteiger charge is 2.46. The lowest BCUT2D eigenvalue weighted by molar-refractivity contribution is -0.0263. The summed E-state index contributed by atoms with van der Waals surface area (Å²) >= 11 is 0. The molecular weight excluding hydrogens is 152 g/mol. The van der Waals surface area contributed by atoms with E-state index in [-0.39, 0.29) is 18.1 Å². The fraction of sp³-hybridized carbons (Fsp3) is 1.00. The molecule has 2 heteroatoms. The van der Waals surface area contributed by atoms with Crippen LogP contribution in [-0.4, -0.2) is 22.9 Å². The van der Waals surface area contributed by atoms with Crippen molar-refractivity contribution in [3.63, 3.8) is 0 Å². The van der Waals surface area contributed by atoms with Crippen molar-refractivity contribution < 1.29 is 10.2 Å². The maximum Gasteiger partial charge on any atom is 0.0646 e. The molecule has 0 aromatic heterocycles. The van der Waals surface area contributed by atoms with Crippen LogP contribution in [0.2, 0.25) is 0 Å². The van der Waals surface area contributed by atoms with Crippen molar-refractivity contribution >= 4 is 0 Å². The van der Waals surface area contributed by atoms with E-state index in [2.05, 4.69) is 0 Å². The highest BCUT2D eigenvalue weighted by atomic mass is 16.3. The van der Waals surface area contributed by atoms with Crippen molar-refractivity contribution in [3.05, 3.63) is 0 Å². The lowest BCUT2D eigenvalue weighted by atomic mass is 9.79. The van der Waals surface area contributed by atoms with E-state index in [1.165, 1.54) is 25.7 Å². The third kappa shape index (κ3) is 1.27. The summed E-state index contributed by atoms with van der Waals surface area (Å²) in [5, 5.41) is 19.3. The van der Waals surface area contributed by atoms with Crippen LogP contribution >= 0.6 is 0 Å². The Morgan fingerprint density at radius 3 is 2.25 bits per heavy atom. The smallest absolute Gasteiger partial charge is 0.0646 e. The van der Waals surface area contributed by atoms with Gasteiger partial charge in [-0.15, -0.1) is 0 Å². The van der Waals surface area contributed by atoms with Gasteiger partial charge in [0.05, 0.1) is 12.7 Å². The number of rotatable bonds is 3. The number of aliphatic hydroxyl groups is 2. The Morgan fingerprint density at radius 2 is 1.83 bits per heavy atom. The second-order valence-electron chi connectivity index (χ2n) is 4.51. The molecule has 70 valence electrons. The molecule has 0 unspecified atom stereocenters. The highest BCUT2D eigenvalue weighted by Crippen LogP contribution is 2.48. The first kappa shape index (κ1) is 8.52. The average molecular weight is 170 g/mol. The van der Waals surface area contributed by atoms with Gasteiger partial charge in [-0.3, -0.25) is 0 Å². The summed E-state index contributed by atoms with van der Waals surface area (Å²) in [6, 6.07) is 0. The summed E-state index contributed by atoms with van der Waals surface area (Å²) in [6.45, 7) is 0.185. The normalized spacial score (nSPS) is 30.5. The molecule has 0 bridgehead atoms. The van der Waals surface area contributed by atoms with Gasteiger partial charge in [0.15, 0.2) is 0 Å². The van der Waals surface area contributed by atoms with E-state index < -0.39 is 0 Å². The van der Waals surface area contributed by atoms with Crippen LogP contribution in [0.4, 0.5) is 0 Å². The molecule has 2 nitrogen and oxygen atoms in total. The molecule has 0 spiro atoms. The highest BCUT2D eigenvalue weighted by molar-refractivity contribution is 4.97. The van der Waals surface area contributed by atoms with Crippen LogP contribution < -0.4 is 0 Å². The first-order chi connectivity index (χ1) is 5.78. The molecular formula is C10H18O2. The van der Waals surface area contributed by atoms with Crippen LogP contribution in [0.15, 0.2) is 0 Å². The lowest BCUT2D eigenvalue weighted by Gasteiger charge is -2.32. The molecule has 2 aliphatic carbocycles. The predicted molar refractivity (Wildman–Crippen MR) is 46.7 cm³/mol. The maximum absolute atomic E-state index is 9.98. The monoisotopic (exact) mass is 170 g/mol. The Morgan fingerprint density at radius 1 is 1.25 bits per heavy atom. The van der Waals surface area contributed by atoms with Crippen molar-refractivity contribution in [2.24, 2.45) is 11.3 Å². The van der Waals surface area contributed by atoms with Gasteiger partial charge >= 0.3 is 0 Å². The van der Waals surface area contributed by atoms with Crippen LogP contribution in [0.25, 0.3) is 0 Å². The van der Waals surface area contributed by atoms with Crippen molar-refractivity contribution in [2.75, 3.05) is 6.61 Å². The summed E-state index contributed by atoms with van der Waals surface area (Å²) in [4.78, 5) is 0. The molecule has 0 aromatic rings. The Labute approximate surface area is 73.6 Å². The zero-order chi connectivity index (χ0) is 8.60. The Hall–Kier alpha value is -0.0800. The van der Waals surface area contributed by atoms with Crippen molar-refractivity contribution in [1.29, 1.82) is 0 Å². The number of hydrogen-bond acceptors (Lipinski definition) is 2. The predicted octanol–water partition coefficient (Wildman–Crippen LogP) is 1.31. The molecule has 2 fully saturated rings. The van der Waals surface area contributed by atoms with E-state index in [1.54, 1.807) is 0 Å². The zero-order valence-corrected chi connectivity index (χ0v) is 7.50. The van der Waals surface area contributed by atoms with Gasteiger partial charge in [0.2, 0.25) is 0 Å². The van der Waals surface area contributed by atoms with Gasteiger partial charge in [-0.1, -0.05) is 12.8 Å². The summed E-state index contributed by atoms with van der Waals surface area (Å²) in [6.07, 6.45) is 6.55. The largest absolute Gasteiger partial charge is 0.396 e. The minimum Gasteiger partial charge on any atom is -0.396 e. The topological polar surface area (TPSA) is 40.5 Å². The molecule has 2 N–H and O–H groups in total. The van der Waals surface area contributed by atoms with E-state index in [4.69, 9.17) is 0 Å². The van der Waals surface area contributed by atoms with Crippen molar-refractivity contribution in [1.82, 2.24) is 0 Å². The first-order valence-corrected chi connectivity index (χ1v) is 5.07. The van der Waals surface area contributed by atoms with E-state index in [1.807, 2.05) is 0 Å². The quantitative estimate of drug-likeness (QED) is 0.670. The fourth-order valence-electron chi connectivity index (χ4n) is 2.54. The Kier molecular flexibility index (Phi) is 2.13. The summed E-state index contributed by atoms with van der Waals surface area (Å²) in [5.74, 6) is 0.509. The van der Waals surface area contributed by atoms with Gasteiger partial charge in [0.1, 0.15) is 0 Å². The standard InChI is InChI=1S/C10H18O2/c11-7-10(5-1-2-6-10)9(12)8-3-4-8/h8-9,11-12H,1-7H2/t9-/m1/s1. The van der Waals surface area contributed by atoms with Gasteiger partial charge < -0.3 is 10.2 Å². The minimum absolute atomic E-state index is 0.110. The number of aliphatic hydroxyl groups excluding tert-OH is 2. The minimum atomic E-state index is -0.218. The van der Waals surface area contributed by atoms with Crippen LogP contribution in [0.5, 0.6) is 0 Å². The molecule has 0 amide bonds. The van der Waals surface area contributed by atoms with E-state index in [0.29, 0.717) is 5.92 Å². The van der Waals surface area contributed by atoms with Gasteiger partial charge in [0, 0.05) is 5.41 Å². The average Bonchev–Trinajstić information content (AvgIpc) is 2.83. The van der Waals surface area contributed by atoms with Crippen LogP contribution in [0.3, 0.4) is 0 Å². The second-order valence-corrected chi connectivity index (χ2v) is 4.51. The van der Waals surface area contributed by atoms with E-state index in [9.17, 15) is 10.2 Å². The van der Waals surface area contributed by atoms with Crippen LogP contribution in [-0.2, 0) is 0 Å². The molecule has 2 rings (SSSR count). The van der Waals surface area contributed by atoms with Crippen molar-refractivity contribution in [3.8, 4) is 0 Å². The zero-order valence-electron chi connectivity index (χ0n) is 7.50. The molecule has 0 heterocycles. The third-order valence-electron chi connectivity index (χ3n) is 3.61. The van der Waals surface area contributed by atoms with E-state index in [0.717, 1.165) is 12.8 Å². The second kappa shape index (κ2) is 3.00. The Balaban J connectivity index is 2.03. The van der Waals surface area contributed by atoms with E-state index >= 15 is 0 Å². The summed E-state index contributed by atoms with van der Waals surface area (Å²) in [5.41, 5.74) is -0.110. The first-order valence-electron chi connectivity index (χ1n) is 5.07. The molecule has 2 aliphatic rings. The lowest BCUT2D eigenvalue weighted by Crippen LogP contribution is -2.37. The van der Waals surface area contributed by atoms with Gasteiger partial charge in [-0.2, -0.15) is 0 Å². The number of hydrogen-bond donors (Lipinski definition) is 2. The molecule has 12 heavy (non-hydrogen) atoms. The molecule has 2 saturated carbocycles. The van der Waals surface area contributed by atoms with Crippen molar-refractivity contribution in [2.45, 2.75) is 44.6 Å². The molecule has 0 saturated heterocycles. The third-order valence-corrected chi connectivity index (χ3v) is 3.61. The van der Waals surface area contributed by atoms with Gasteiger partial charge in [-0.25, -0.2) is 0 Å². The van der Waals surface area contributed by atoms with Crippen LogP contribution in [0, 0.1) is 11.3 Å².